The van der Waals surface area contributed by atoms with E-state index in [-0.39, 0.29) is 11.3 Å². The first kappa shape index (κ1) is 13.1. The highest BCUT2D eigenvalue weighted by molar-refractivity contribution is 5.80. The first-order chi connectivity index (χ1) is 8.54. The number of nitrogens with one attached hydrogen (secondary N) is 1. The molecule has 1 saturated heterocycles. The van der Waals surface area contributed by atoms with Crippen molar-refractivity contribution in [3.05, 3.63) is 0 Å². The number of hydrogen-bond acceptors (Lipinski definition) is 4. The van der Waals surface area contributed by atoms with Crippen molar-refractivity contribution in [2.24, 2.45) is 16.3 Å². The van der Waals surface area contributed by atoms with E-state index in [1.807, 2.05) is 7.05 Å². The van der Waals surface area contributed by atoms with Crippen molar-refractivity contribution in [1.82, 2.24) is 10.2 Å². The molecule has 0 aromatic heterocycles. The monoisotopic (exact) mass is 254 g/mol. The molecule has 0 spiro atoms. The topological polar surface area (TPSA) is 90.9 Å². The van der Waals surface area contributed by atoms with Gasteiger partial charge in [0, 0.05) is 39.0 Å². The van der Waals surface area contributed by atoms with Crippen LogP contribution in [0.2, 0.25) is 0 Å². The molecule has 0 aromatic carbocycles. The van der Waals surface area contributed by atoms with Gasteiger partial charge in [0.25, 0.3) is 0 Å². The largest absolute Gasteiger partial charge is 0.409 e. The van der Waals surface area contributed by atoms with Crippen molar-refractivity contribution in [3.8, 4) is 0 Å². The molecule has 1 unspecified atom stereocenters. The molecule has 0 aromatic rings. The van der Waals surface area contributed by atoms with Crippen LogP contribution in [-0.2, 0) is 4.79 Å². The average molecular weight is 254 g/mol. The molecule has 2 aliphatic rings. The van der Waals surface area contributed by atoms with E-state index >= 15 is 0 Å². The summed E-state index contributed by atoms with van der Waals surface area (Å²) in [5.41, 5.74) is 5.74. The fraction of sp³-hybridized carbons (Fsp3) is 0.833. The number of carbonyl (C=O) groups is 1. The lowest BCUT2D eigenvalue weighted by Crippen LogP contribution is -2.48. The summed E-state index contributed by atoms with van der Waals surface area (Å²) >= 11 is 0. The number of nitrogens with zero attached hydrogens (tertiary/aromatic N) is 2. The molecule has 1 amide bonds. The van der Waals surface area contributed by atoms with E-state index in [0.29, 0.717) is 24.7 Å². The molecule has 6 nitrogen and oxygen atoms in total. The van der Waals surface area contributed by atoms with E-state index in [0.717, 1.165) is 32.4 Å². The Kier molecular flexibility index (Phi) is 3.75. The summed E-state index contributed by atoms with van der Waals surface area (Å²) in [5, 5.41) is 15.2. The predicted molar refractivity (Wildman–Crippen MR) is 68.4 cm³/mol. The number of carbonyl (C=O) groups excluding carboxylic acids is 1. The zero-order valence-electron chi connectivity index (χ0n) is 10.9. The number of rotatable bonds is 5. The molecule has 1 heterocycles. The van der Waals surface area contributed by atoms with E-state index < -0.39 is 0 Å². The van der Waals surface area contributed by atoms with E-state index in [1.165, 1.54) is 0 Å². The van der Waals surface area contributed by atoms with Gasteiger partial charge < -0.3 is 21.2 Å². The smallest absolute Gasteiger partial charge is 0.222 e. The maximum absolute atomic E-state index is 11.4. The van der Waals surface area contributed by atoms with Crippen molar-refractivity contribution in [3.63, 3.8) is 0 Å². The van der Waals surface area contributed by atoms with Gasteiger partial charge in [-0.3, -0.25) is 4.79 Å². The van der Waals surface area contributed by atoms with Crippen molar-refractivity contribution in [2.75, 3.05) is 20.1 Å². The third-order valence-electron chi connectivity index (χ3n) is 4.03. The fourth-order valence-corrected chi connectivity index (χ4v) is 2.55. The van der Waals surface area contributed by atoms with Gasteiger partial charge >= 0.3 is 0 Å². The highest BCUT2D eigenvalue weighted by Gasteiger charge is 2.43. The summed E-state index contributed by atoms with van der Waals surface area (Å²) in [7, 11) is 1.85. The third kappa shape index (κ3) is 3.13. The fourth-order valence-electron chi connectivity index (χ4n) is 2.55. The van der Waals surface area contributed by atoms with Gasteiger partial charge in [-0.2, -0.15) is 0 Å². The Morgan fingerprint density at radius 2 is 2.39 bits per heavy atom. The quantitative estimate of drug-likeness (QED) is 0.281. The summed E-state index contributed by atoms with van der Waals surface area (Å²) in [5.74, 6) is 0.538. The maximum atomic E-state index is 11.4. The van der Waals surface area contributed by atoms with E-state index in [2.05, 4.69) is 10.5 Å². The zero-order valence-corrected chi connectivity index (χ0v) is 10.9. The van der Waals surface area contributed by atoms with Crippen molar-refractivity contribution >= 4 is 11.7 Å². The first-order valence-corrected chi connectivity index (χ1v) is 6.48. The Hall–Kier alpha value is -1.30. The lowest BCUT2D eigenvalue weighted by Gasteiger charge is -2.31. The Morgan fingerprint density at radius 3 is 2.94 bits per heavy atom. The molecule has 0 bridgehead atoms. The molecular formula is C12H22N4O2. The number of likely N-dealkylation sites (N-methyl/N-ethyl adjacent to an activating group) is 1. The van der Waals surface area contributed by atoms with Crippen LogP contribution in [-0.4, -0.2) is 48.0 Å². The van der Waals surface area contributed by atoms with Crippen molar-refractivity contribution in [1.29, 1.82) is 0 Å². The molecule has 1 aliphatic heterocycles. The number of amidine groups is 1. The van der Waals surface area contributed by atoms with E-state index in [4.69, 9.17) is 10.9 Å². The summed E-state index contributed by atoms with van der Waals surface area (Å²) in [4.78, 5) is 13.2. The Morgan fingerprint density at radius 1 is 1.67 bits per heavy atom. The molecule has 2 fully saturated rings. The third-order valence-corrected chi connectivity index (χ3v) is 4.03. The number of oxime groups is 1. The molecule has 18 heavy (non-hydrogen) atoms. The van der Waals surface area contributed by atoms with Gasteiger partial charge in [0.15, 0.2) is 0 Å². The van der Waals surface area contributed by atoms with Crippen LogP contribution < -0.4 is 11.1 Å². The zero-order chi connectivity index (χ0) is 13.2. The second-order valence-electron chi connectivity index (χ2n) is 5.66. The molecule has 1 atom stereocenters. The standard InChI is InChI=1S/C12H22N4O2/c1-16-7-9(2-3-11(16)17)14-8-12(4-5-12)6-10(13)15-18/h9,14,18H,2-8H2,1H3,(H2,13,15). The van der Waals surface area contributed by atoms with Crippen LogP contribution in [0, 0.1) is 5.41 Å². The summed E-state index contributed by atoms with van der Waals surface area (Å²) in [6.45, 7) is 1.66. The van der Waals surface area contributed by atoms with Gasteiger partial charge in [-0.15, -0.1) is 0 Å². The molecule has 0 radical (unpaired) electrons. The lowest BCUT2D eigenvalue weighted by molar-refractivity contribution is -0.132. The second kappa shape index (κ2) is 5.14. The molecule has 6 heteroatoms. The molecule has 2 rings (SSSR count). The Labute approximate surface area is 107 Å². The van der Waals surface area contributed by atoms with Crippen LogP contribution >= 0.6 is 0 Å². The second-order valence-corrected chi connectivity index (χ2v) is 5.66. The SMILES string of the molecule is CN1CC(NCC2(CC(N)=NO)CC2)CCC1=O. The summed E-state index contributed by atoms with van der Waals surface area (Å²) < 4.78 is 0. The predicted octanol–water partition coefficient (Wildman–Crippen LogP) is 0.114. The van der Waals surface area contributed by atoms with Crippen LogP contribution in [0.25, 0.3) is 0 Å². The van der Waals surface area contributed by atoms with Crippen LogP contribution in [0.15, 0.2) is 5.16 Å². The van der Waals surface area contributed by atoms with Crippen molar-refractivity contribution in [2.45, 2.75) is 38.1 Å². The number of likely N-dealkylation sites (tertiary alicyclic amines) is 1. The van der Waals surface area contributed by atoms with Gasteiger partial charge in [0.05, 0.1) is 0 Å². The van der Waals surface area contributed by atoms with Crippen molar-refractivity contribution < 1.29 is 10.0 Å². The minimum absolute atomic E-state index is 0.177. The normalized spacial score (nSPS) is 27.4. The highest BCUT2D eigenvalue weighted by Crippen LogP contribution is 2.48. The highest BCUT2D eigenvalue weighted by atomic mass is 16.4. The molecule has 1 saturated carbocycles. The summed E-state index contributed by atoms with van der Waals surface area (Å²) in [6.07, 6.45) is 4.43. The molecule has 102 valence electrons. The minimum Gasteiger partial charge on any atom is -0.409 e. The van der Waals surface area contributed by atoms with Gasteiger partial charge in [0.1, 0.15) is 5.84 Å². The number of piperidine rings is 1. The first-order valence-electron chi connectivity index (χ1n) is 6.48. The molecule has 4 N–H and O–H groups in total. The van der Waals surface area contributed by atoms with Crippen LogP contribution in [0.3, 0.4) is 0 Å². The number of nitrogens with two attached hydrogens (primary N) is 1. The number of hydrogen-bond donors (Lipinski definition) is 3. The van der Waals surface area contributed by atoms with Crippen LogP contribution in [0.5, 0.6) is 0 Å². The average Bonchev–Trinajstić information content (AvgIpc) is 3.11. The van der Waals surface area contributed by atoms with Gasteiger partial charge in [-0.05, 0) is 24.7 Å². The minimum atomic E-state index is 0.177. The van der Waals surface area contributed by atoms with Crippen LogP contribution in [0.4, 0.5) is 0 Å². The van der Waals surface area contributed by atoms with E-state index in [1.54, 1.807) is 4.90 Å². The van der Waals surface area contributed by atoms with Gasteiger partial charge in [-0.1, -0.05) is 5.16 Å². The lowest BCUT2D eigenvalue weighted by atomic mass is 9.99. The van der Waals surface area contributed by atoms with Gasteiger partial charge in [-0.25, -0.2) is 0 Å². The van der Waals surface area contributed by atoms with E-state index in [9.17, 15) is 4.79 Å². The Balaban J connectivity index is 1.76. The maximum Gasteiger partial charge on any atom is 0.222 e. The molecule has 1 aliphatic carbocycles. The van der Waals surface area contributed by atoms with Gasteiger partial charge in [0.2, 0.25) is 5.91 Å². The molecular weight excluding hydrogens is 232 g/mol. The Bertz CT molecular complexity index is 352. The number of amides is 1. The summed E-state index contributed by atoms with van der Waals surface area (Å²) in [6, 6.07) is 0.373. The van der Waals surface area contributed by atoms with Crippen LogP contribution in [0.1, 0.15) is 32.1 Å².